The van der Waals surface area contributed by atoms with Crippen LogP contribution in [-0.4, -0.2) is 18.3 Å². The third-order valence-corrected chi connectivity index (χ3v) is 4.40. The summed E-state index contributed by atoms with van der Waals surface area (Å²) in [5.41, 5.74) is 0. The lowest BCUT2D eigenvalue weighted by molar-refractivity contribution is 0.490. The van der Waals surface area contributed by atoms with Crippen LogP contribution in [0.1, 0.15) is 33.1 Å². The van der Waals surface area contributed by atoms with Crippen LogP contribution in [0.3, 0.4) is 0 Å². The summed E-state index contributed by atoms with van der Waals surface area (Å²) in [6.07, 6.45) is 3.43. The molecule has 3 heteroatoms. The second-order valence-electron chi connectivity index (χ2n) is 4.21. The van der Waals surface area contributed by atoms with Crippen LogP contribution in [0.4, 0.5) is 4.39 Å². The minimum atomic E-state index is -0.152. The maximum absolute atomic E-state index is 13.1. The van der Waals surface area contributed by atoms with Crippen LogP contribution in [0.5, 0.6) is 0 Å². The number of hydrogen-bond donors (Lipinski definition) is 1. The molecule has 1 N–H and O–H groups in total. The maximum Gasteiger partial charge on any atom is 0.124 e. The second kappa shape index (κ2) is 7.72. The summed E-state index contributed by atoms with van der Waals surface area (Å²) in [5.74, 6) is -0.152. The number of rotatable bonds is 7. The molecular formula is C14H22FNS. The van der Waals surface area contributed by atoms with Crippen LogP contribution in [0.15, 0.2) is 29.2 Å². The topological polar surface area (TPSA) is 12.0 Å². The molecule has 1 aromatic rings. The van der Waals surface area contributed by atoms with Crippen molar-refractivity contribution < 1.29 is 4.39 Å². The van der Waals surface area contributed by atoms with Gasteiger partial charge >= 0.3 is 0 Å². The van der Waals surface area contributed by atoms with E-state index in [1.165, 1.54) is 12.5 Å². The normalized spacial score (nSPS) is 14.6. The molecule has 2 unspecified atom stereocenters. The Kier molecular flexibility index (Phi) is 6.60. The van der Waals surface area contributed by atoms with Gasteiger partial charge in [-0.15, -0.1) is 11.8 Å². The Labute approximate surface area is 108 Å². The molecule has 2 atom stereocenters. The molecule has 17 heavy (non-hydrogen) atoms. The summed E-state index contributed by atoms with van der Waals surface area (Å²) in [6, 6.07) is 7.37. The Bertz CT molecular complexity index is 330. The summed E-state index contributed by atoms with van der Waals surface area (Å²) in [4.78, 5) is 1.02. The molecule has 0 saturated carbocycles. The van der Waals surface area contributed by atoms with Gasteiger partial charge in [0, 0.05) is 16.2 Å². The first-order valence-electron chi connectivity index (χ1n) is 6.30. The third kappa shape index (κ3) is 4.68. The predicted molar refractivity (Wildman–Crippen MR) is 74.1 cm³/mol. The molecule has 1 rings (SSSR count). The number of hydrogen-bond acceptors (Lipinski definition) is 2. The van der Waals surface area contributed by atoms with Crippen molar-refractivity contribution in [1.82, 2.24) is 5.32 Å². The van der Waals surface area contributed by atoms with Crippen LogP contribution in [0.25, 0.3) is 0 Å². The first-order chi connectivity index (χ1) is 8.21. The first-order valence-corrected chi connectivity index (χ1v) is 7.18. The highest BCUT2D eigenvalue weighted by molar-refractivity contribution is 8.00. The van der Waals surface area contributed by atoms with Gasteiger partial charge in [-0.25, -0.2) is 4.39 Å². The van der Waals surface area contributed by atoms with E-state index < -0.39 is 0 Å². The zero-order chi connectivity index (χ0) is 12.7. The van der Waals surface area contributed by atoms with Gasteiger partial charge in [-0.05, 0) is 38.1 Å². The molecule has 0 aliphatic carbocycles. The Morgan fingerprint density at radius 2 is 2.12 bits per heavy atom. The molecule has 96 valence electrons. The van der Waals surface area contributed by atoms with Gasteiger partial charge in [0.2, 0.25) is 0 Å². The van der Waals surface area contributed by atoms with Gasteiger partial charge in [-0.1, -0.05) is 26.3 Å². The first kappa shape index (κ1) is 14.5. The van der Waals surface area contributed by atoms with Gasteiger partial charge in [0.15, 0.2) is 0 Å². The van der Waals surface area contributed by atoms with Crippen LogP contribution in [0, 0.1) is 5.82 Å². The average molecular weight is 255 g/mol. The Morgan fingerprint density at radius 3 is 2.65 bits per heavy atom. The van der Waals surface area contributed by atoms with Crippen molar-refractivity contribution in [2.75, 3.05) is 7.05 Å². The number of nitrogens with one attached hydrogen (secondary N) is 1. The van der Waals surface area contributed by atoms with Gasteiger partial charge in [0.05, 0.1) is 0 Å². The fourth-order valence-electron chi connectivity index (χ4n) is 1.99. The molecule has 0 aliphatic rings. The summed E-state index contributed by atoms with van der Waals surface area (Å²) in [5, 5.41) is 3.88. The highest BCUT2D eigenvalue weighted by Gasteiger charge is 2.18. The predicted octanol–water partition coefficient (Wildman–Crippen LogP) is 4.08. The highest BCUT2D eigenvalue weighted by atomic mass is 32.2. The van der Waals surface area contributed by atoms with Gasteiger partial charge in [-0.3, -0.25) is 0 Å². The van der Waals surface area contributed by atoms with E-state index in [0.29, 0.717) is 11.3 Å². The van der Waals surface area contributed by atoms with E-state index in [1.807, 2.05) is 13.1 Å². The smallest absolute Gasteiger partial charge is 0.124 e. The summed E-state index contributed by atoms with van der Waals surface area (Å²) in [7, 11) is 2.01. The number of benzene rings is 1. The zero-order valence-corrected chi connectivity index (χ0v) is 11.7. The van der Waals surface area contributed by atoms with Crippen LogP contribution in [0.2, 0.25) is 0 Å². The minimum absolute atomic E-state index is 0.152. The van der Waals surface area contributed by atoms with Crippen LogP contribution < -0.4 is 5.32 Å². The molecule has 0 spiro atoms. The molecule has 0 aliphatic heterocycles. The van der Waals surface area contributed by atoms with Crippen molar-refractivity contribution in [2.24, 2.45) is 0 Å². The summed E-state index contributed by atoms with van der Waals surface area (Å²) < 4.78 is 13.1. The quantitative estimate of drug-likeness (QED) is 0.737. The van der Waals surface area contributed by atoms with E-state index in [1.54, 1.807) is 23.9 Å². The van der Waals surface area contributed by atoms with Crippen molar-refractivity contribution in [1.29, 1.82) is 0 Å². The lowest BCUT2D eigenvalue weighted by atomic mass is 10.1. The van der Waals surface area contributed by atoms with E-state index in [4.69, 9.17) is 0 Å². The van der Waals surface area contributed by atoms with Gasteiger partial charge in [0.25, 0.3) is 0 Å². The molecule has 0 aromatic heterocycles. The van der Waals surface area contributed by atoms with Gasteiger partial charge in [0.1, 0.15) is 5.82 Å². The van der Waals surface area contributed by atoms with Crippen LogP contribution in [-0.2, 0) is 0 Å². The lowest BCUT2D eigenvalue weighted by Crippen LogP contribution is -2.35. The zero-order valence-electron chi connectivity index (χ0n) is 10.9. The van der Waals surface area contributed by atoms with E-state index in [9.17, 15) is 4.39 Å². The molecule has 1 aromatic carbocycles. The van der Waals surface area contributed by atoms with Crippen molar-refractivity contribution in [2.45, 2.75) is 49.3 Å². The SMILES string of the molecule is CCCC(NC)C(CC)Sc1cccc(F)c1. The van der Waals surface area contributed by atoms with Crippen LogP contribution >= 0.6 is 11.8 Å². The summed E-state index contributed by atoms with van der Waals surface area (Å²) >= 11 is 1.77. The molecule has 0 heterocycles. The van der Waals surface area contributed by atoms with Gasteiger partial charge < -0.3 is 5.32 Å². The largest absolute Gasteiger partial charge is 0.316 e. The average Bonchev–Trinajstić information content (AvgIpc) is 2.33. The van der Waals surface area contributed by atoms with Crippen molar-refractivity contribution in [3.8, 4) is 0 Å². The van der Waals surface area contributed by atoms with E-state index in [0.717, 1.165) is 17.7 Å². The third-order valence-electron chi connectivity index (χ3n) is 2.91. The molecular weight excluding hydrogens is 233 g/mol. The van der Waals surface area contributed by atoms with Crippen molar-refractivity contribution >= 4 is 11.8 Å². The molecule has 0 saturated heterocycles. The Morgan fingerprint density at radius 1 is 1.35 bits per heavy atom. The van der Waals surface area contributed by atoms with Gasteiger partial charge in [-0.2, -0.15) is 0 Å². The Hall–Kier alpha value is -0.540. The Balaban J connectivity index is 2.68. The number of halogens is 1. The fraction of sp³-hybridized carbons (Fsp3) is 0.571. The molecule has 1 nitrogen and oxygen atoms in total. The number of thioether (sulfide) groups is 1. The molecule has 0 radical (unpaired) electrons. The van der Waals surface area contributed by atoms with E-state index in [2.05, 4.69) is 19.2 Å². The molecule has 0 fully saturated rings. The summed E-state index contributed by atoms with van der Waals surface area (Å²) in [6.45, 7) is 4.39. The second-order valence-corrected chi connectivity index (χ2v) is 5.52. The minimum Gasteiger partial charge on any atom is -0.316 e. The van der Waals surface area contributed by atoms with E-state index in [-0.39, 0.29) is 5.82 Å². The fourth-order valence-corrected chi connectivity index (χ4v) is 3.28. The monoisotopic (exact) mass is 255 g/mol. The maximum atomic E-state index is 13.1. The van der Waals surface area contributed by atoms with Crippen molar-refractivity contribution in [3.63, 3.8) is 0 Å². The highest BCUT2D eigenvalue weighted by Crippen LogP contribution is 2.29. The lowest BCUT2D eigenvalue weighted by Gasteiger charge is -2.25. The molecule has 0 amide bonds. The standard InChI is InChI=1S/C14H22FNS/c1-4-7-13(16-3)14(5-2)17-12-9-6-8-11(15)10-12/h6,8-10,13-14,16H,4-5,7H2,1-3H3. The van der Waals surface area contributed by atoms with E-state index >= 15 is 0 Å². The van der Waals surface area contributed by atoms with Crippen molar-refractivity contribution in [3.05, 3.63) is 30.1 Å². The molecule has 0 bridgehead atoms.